The van der Waals surface area contributed by atoms with Gasteiger partial charge in [-0.3, -0.25) is 4.79 Å². The summed E-state index contributed by atoms with van der Waals surface area (Å²) in [5, 5.41) is 2.91. The van der Waals surface area contributed by atoms with Gasteiger partial charge in [0.1, 0.15) is 5.75 Å². The molecule has 8 heteroatoms. The Balaban J connectivity index is 1.52. The number of para-hydroxylation sites is 2. The van der Waals surface area contributed by atoms with Crippen LogP contribution >= 0.6 is 0 Å². The standard InChI is InChI=1S/C21H30N6O2/c1-25(2)10-6-9-22-20(28)17-15-23-21(24-16-17)27-13-11-26(12-14-27)18-7-4-5-8-19(18)29-3/h4-5,7-8,15-16H,6,9-14H2,1-3H3,(H,22,28). The van der Waals surface area contributed by atoms with E-state index in [-0.39, 0.29) is 5.91 Å². The Bertz CT molecular complexity index is 788. The Hall–Kier alpha value is -2.87. The van der Waals surface area contributed by atoms with Gasteiger partial charge in [-0.05, 0) is 39.2 Å². The minimum Gasteiger partial charge on any atom is -0.495 e. The lowest BCUT2D eigenvalue weighted by atomic mass is 10.2. The number of nitrogens with one attached hydrogen (secondary N) is 1. The molecule has 156 valence electrons. The van der Waals surface area contributed by atoms with Crippen LogP contribution in [0.5, 0.6) is 5.75 Å². The average molecular weight is 399 g/mol. The van der Waals surface area contributed by atoms with Crippen LogP contribution in [0, 0.1) is 0 Å². The largest absolute Gasteiger partial charge is 0.495 e. The lowest BCUT2D eigenvalue weighted by molar-refractivity contribution is 0.0951. The van der Waals surface area contributed by atoms with Crippen molar-refractivity contribution in [2.75, 3.05) is 70.3 Å². The molecule has 0 unspecified atom stereocenters. The average Bonchev–Trinajstić information content (AvgIpc) is 2.76. The van der Waals surface area contributed by atoms with Gasteiger partial charge in [-0.15, -0.1) is 0 Å². The molecule has 1 aliphatic heterocycles. The third kappa shape index (κ3) is 5.57. The number of methoxy groups -OCH3 is 1. The molecule has 2 heterocycles. The predicted octanol–water partition coefficient (Wildman–Crippen LogP) is 1.49. The smallest absolute Gasteiger partial charge is 0.254 e. The highest BCUT2D eigenvalue weighted by atomic mass is 16.5. The molecule has 1 aliphatic rings. The number of hydrogen-bond acceptors (Lipinski definition) is 7. The topological polar surface area (TPSA) is 73.8 Å². The number of piperazine rings is 1. The van der Waals surface area contributed by atoms with Crippen molar-refractivity contribution in [3.63, 3.8) is 0 Å². The van der Waals surface area contributed by atoms with Gasteiger partial charge in [-0.25, -0.2) is 9.97 Å². The van der Waals surface area contributed by atoms with Crippen molar-refractivity contribution >= 4 is 17.5 Å². The first-order chi connectivity index (χ1) is 14.1. The summed E-state index contributed by atoms with van der Waals surface area (Å²) in [6, 6.07) is 8.07. The van der Waals surface area contributed by atoms with Gasteiger partial charge in [-0.1, -0.05) is 12.1 Å². The molecule has 1 N–H and O–H groups in total. The van der Waals surface area contributed by atoms with Crippen LogP contribution in [0.3, 0.4) is 0 Å². The Morgan fingerprint density at radius 1 is 1.10 bits per heavy atom. The molecule has 0 saturated carbocycles. The van der Waals surface area contributed by atoms with Crippen LogP contribution in [0.25, 0.3) is 0 Å². The van der Waals surface area contributed by atoms with Crippen LogP contribution in [-0.2, 0) is 0 Å². The lowest BCUT2D eigenvalue weighted by Crippen LogP contribution is -2.47. The van der Waals surface area contributed by atoms with Gasteiger partial charge in [0, 0.05) is 45.1 Å². The molecule has 1 aromatic heterocycles. The first kappa shape index (κ1) is 20.9. The summed E-state index contributed by atoms with van der Waals surface area (Å²) in [4.78, 5) is 27.6. The molecular weight excluding hydrogens is 368 g/mol. The number of carbonyl (C=O) groups is 1. The van der Waals surface area contributed by atoms with Crippen LogP contribution < -0.4 is 19.9 Å². The van der Waals surface area contributed by atoms with E-state index in [4.69, 9.17) is 4.74 Å². The number of carbonyl (C=O) groups excluding carboxylic acids is 1. The van der Waals surface area contributed by atoms with Crippen molar-refractivity contribution < 1.29 is 9.53 Å². The second-order valence-corrected chi connectivity index (χ2v) is 7.33. The number of anilines is 2. The Morgan fingerprint density at radius 3 is 2.41 bits per heavy atom. The summed E-state index contributed by atoms with van der Waals surface area (Å²) in [6.45, 7) is 4.93. The van der Waals surface area contributed by atoms with Crippen molar-refractivity contribution in [2.24, 2.45) is 0 Å². The van der Waals surface area contributed by atoms with Crippen LogP contribution in [0.1, 0.15) is 16.8 Å². The number of rotatable bonds is 8. The van der Waals surface area contributed by atoms with E-state index in [9.17, 15) is 4.79 Å². The molecule has 0 atom stereocenters. The van der Waals surface area contributed by atoms with Gasteiger partial charge in [-0.2, -0.15) is 0 Å². The van der Waals surface area contributed by atoms with E-state index in [1.54, 1.807) is 19.5 Å². The zero-order chi connectivity index (χ0) is 20.6. The quantitative estimate of drug-likeness (QED) is 0.676. The third-order valence-electron chi connectivity index (χ3n) is 4.96. The van der Waals surface area contributed by atoms with E-state index in [1.807, 2.05) is 32.3 Å². The van der Waals surface area contributed by atoms with Crippen LogP contribution in [0.4, 0.5) is 11.6 Å². The van der Waals surface area contributed by atoms with Crippen LogP contribution in [0.2, 0.25) is 0 Å². The van der Waals surface area contributed by atoms with E-state index in [0.717, 1.165) is 50.6 Å². The van der Waals surface area contributed by atoms with Crippen molar-refractivity contribution in [3.8, 4) is 5.75 Å². The highest BCUT2D eigenvalue weighted by molar-refractivity contribution is 5.93. The summed E-state index contributed by atoms with van der Waals surface area (Å²) in [5.41, 5.74) is 1.60. The first-order valence-electron chi connectivity index (χ1n) is 9.96. The molecule has 0 radical (unpaired) electrons. The third-order valence-corrected chi connectivity index (χ3v) is 4.96. The normalized spacial score (nSPS) is 14.2. The van der Waals surface area contributed by atoms with Crippen molar-refractivity contribution in [1.82, 2.24) is 20.2 Å². The van der Waals surface area contributed by atoms with E-state index >= 15 is 0 Å². The van der Waals surface area contributed by atoms with Gasteiger partial charge in [0.15, 0.2) is 0 Å². The Morgan fingerprint density at radius 2 is 1.76 bits per heavy atom. The number of nitrogens with zero attached hydrogens (tertiary/aromatic N) is 5. The van der Waals surface area contributed by atoms with Crippen molar-refractivity contribution in [1.29, 1.82) is 0 Å². The summed E-state index contributed by atoms with van der Waals surface area (Å²) < 4.78 is 5.47. The summed E-state index contributed by atoms with van der Waals surface area (Å²) in [7, 11) is 5.73. The zero-order valence-corrected chi connectivity index (χ0v) is 17.5. The number of ether oxygens (including phenoxy) is 1. The molecule has 0 bridgehead atoms. The minimum atomic E-state index is -0.128. The summed E-state index contributed by atoms with van der Waals surface area (Å²) in [5.74, 6) is 1.42. The molecule has 2 aromatic rings. The highest BCUT2D eigenvalue weighted by Crippen LogP contribution is 2.28. The van der Waals surface area contributed by atoms with E-state index in [2.05, 4.69) is 36.1 Å². The van der Waals surface area contributed by atoms with E-state index in [1.165, 1.54) is 0 Å². The maximum atomic E-state index is 12.2. The van der Waals surface area contributed by atoms with Crippen molar-refractivity contribution in [3.05, 3.63) is 42.2 Å². The number of benzene rings is 1. The summed E-state index contributed by atoms with van der Waals surface area (Å²) in [6.07, 6.45) is 4.13. The number of aromatic nitrogens is 2. The van der Waals surface area contributed by atoms with Crippen LogP contribution in [-0.4, -0.2) is 81.2 Å². The number of hydrogen-bond donors (Lipinski definition) is 1. The first-order valence-corrected chi connectivity index (χ1v) is 9.96. The van der Waals surface area contributed by atoms with Crippen LogP contribution in [0.15, 0.2) is 36.7 Å². The maximum absolute atomic E-state index is 12.2. The monoisotopic (exact) mass is 398 g/mol. The number of amides is 1. The fourth-order valence-corrected chi connectivity index (χ4v) is 3.34. The molecule has 1 amide bonds. The van der Waals surface area contributed by atoms with Gasteiger partial charge >= 0.3 is 0 Å². The molecule has 1 aromatic carbocycles. The molecule has 0 aliphatic carbocycles. The van der Waals surface area contributed by atoms with E-state index in [0.29, 0.717) is 18.1 Å². The predicted molar refractivity (Wildman–Crippen MR) is 115 cm³/mol. The minimum absolute atomic E-state index is 0.128. The van der Waals surface area contributed by atoms with Gasteiger partial charge in [0.25, 0.3) is 5.91 Å². The van der Waals surface area contributed by atoms with Crippen molar-refractivity contribution in [2.45, 2.75) is 6.42 Å². The molecule has 29 heavy (non-hydrogen) atoms. The molecule has 1 saturated heterocycles. The van der Waals surface area contributed by atoms with Gasteiger partial charge < -0.3 is 24.8 Å². The highest BCUT2D eigenvalue weighted by Gasteiger charge is 2.21. The molecule has 8 nitrogen and oxygen atoms in total. The zero-order valence-electron chi connectivity index (χ0n) is 17.5. The van der Waals surface area contributed by atoms with Gasteiger partial charge in [0.2, 0.25) is 5.95 Å². The second-order valence-electron chi connectivity index (χ2n) is 7.33. The SMILES string of the molecule is COc1ccccc1N1CCN(c2ncc(C(=O)NCCCN(C)C)cn2)CC1. The fourth-order valence-electron chi connectivity index (χ4n) is 3.34. The maximum Gasteiger partial charge on any atom is 0.254 e. The van der Waals surface area contributed by atoms with E-state index < -0.39 is 0 Å². The molecular formula is C21H30N6O2. The molecule has 3 rings (SSSR count). The second kappa shape index (κ2) is 10.1. The Labute approximate surface area is 172 Å². The Kier molecular flexibility index (Phi) is 7.24. The van der Waals surface area contributed by atoms with Gasteiger partial charge in [0.05, 0.1) is 18.4 Å². The molecule has 1 fully saturated rings. The lowest BCUT2D eigenvalue weighted by Gasteiger charge is -2.36. The summed E-state index contributed by atoms with van der Waals surface area (Å²) >= 11 is 0. The molecule has 0 spiro atoms. The fraction of sp³-hybridized carbons (Fsp3) is 0.476.